The first-order valence-electron chi connectivity index (χ1n) is 8.88. The molecule has 148 valence electrons. The van der Waals surface area contributed by atoms with Crippen molar-refractivity contribution in [2.24, 2.45) is 4.99 Å². The van der Waals surface area contributed by atoms with Gasteiger partial charge in [-0.2, -0.15) is 5.10 Å². The van der Waals surface area contributed by atoms with Crippen LogP contribution in [0.5, 0.6) is 0 Å². The van der Waals surface area contributed by atoms with Gasteiger partial charge in [-0.25, -0.2) is 22.8 Å². The Hall–Kier alpha value is -2.39. The fourth-order valence-electron chi connectivity index (χ4n) is 2.65. The maximum Gasteiger partial charge on any atom is 0.208 e. The lowest BCUT2D eigenvalue weighted by Crippen LogP contribution is -2.41. The molecule has 8 nitrogen and oxygen atoms in total. The highest BCUT2D eigenvalue weighted by atomic mass is 32.2. The van der Waals surface area contributed by atoms with Crippen LogP contribution in [0, 0.1) is 13.8 Å². The molecule has 0 fully saturated rings. The van der Waals surface area contributed by atoms with Gasteiger partial charge in [-0.05, 0) is 38.5 Å². The van der Waals surface area contributed by atoms with Crippen LogP contribution in [0.15, 0.2) is 35.3 Å². The van der Waals surface area contributed by atoms with E-state index in [0.29, 0.717) is 32.1 Å². The van der Waals surface area contributed by atoms with E-state index in [1.807, 2.05) is 55.8 Å². The minimum Gasteiger partial charge on any atom is -0.357 e. The Morgan fingerprint density at radius 3 is 2.56 bits per heavy atom. The summed E-state index contributed by atoms with van der Waals surface area (Å²) in [6, 6.07) is 10.1. The molecule has 27 heavy (non-hydrogen) atoms. The summed E-state index contributed by atoms with van der Waals surface area (Å²) in [7, 11) is -3.19. The number of sulfonamides is 1. The fraction of sp³-hybridized carbons (Fsp3) is 0.444. The Balaban J connectivity index is 2.10. The lowest BCUT2D eigenvalue weighted by Gasteiger charge is -2.13. The first-order valence-corrected chi connectivity index (χ1v) is 10.8. The van der Waals surface area contributed by atoms with E-state index in [9.17, 15) is 8.42 Å². The molecule has 0 radical (unpaired) electrons. The van der Waals surface area contributed by atoms with Crippen LogP contribution in [0.4, 0.5) is 0 Å². The van der Waals surface area contributed by atoms with Gasteiger partial charge in [-0.1, -0.05) is 18.2 Å². The van der Waals surface area contributed by atoms with Gasteiger partial charge < -0.3 is 10.6 Å². The number of nitrogens with zero attached hydrogens (tertiary/aromatic N) is 3. The number of aromatic nitrogens is 2. The van der Waals surface area contributed by atoms with Crippen LogP contribution in [0.2, 0.25) is 0 Å². The number of aryl methyl sites for hydroxylation is 2. The summed E-state index contributed by atoms with van der Waals surface area (Å²) in [5, 5.41) is 10.9. The highest BCUT2D eigenvalue weighted by Crippen LogP contribution is 2.17. The summed E-state index contributed by atoms with van der Waals surface area (Å²) in [5.41, 5.74) is 4.09. The Morgan fingerprint density at radius 1 is 1.19 bits per heavy atom. The largest absolute Gasteiger partial charge is 0.357 e. The number of hydrogen-bond acceptors (Lipinski definition) is 4. The molecule has 9 heteroatoms. The third kappa shape index (κ3) is 6.69. The third-order valence-corrected chi connectivity index (χ3v) is 4.49. The van der Waals surface area contributed by atoms with E-state index >= 15 is 0 Å². The van der Waals surface area contributed by atoms with Gasteiger partial charge in [-0.15, -0.1) is 0 Å². The average molecular weight is 393 g/mol. The summed E-state index contributed by atoms with van der Waals surface area (Å²) in [5.74, 6) is 0.635. The molecule has 0 unspecified atom stereocenters. The van der Waals surface area contributed by atoms with E-state index in [1.54, 1.807) is 0 Å². The van der Waals surface area contributed by atoms with Crippen LogP contribution in [0.25, 0.3) is 5.69 Å². The Labute approximate surface area is 161 Å². The predicted molar refractivity (Wildman–Crippen MR) is 109 cm³/mol. The van der Waals surface area contributed by atoms with Crippen molar-refractivity contribution in [1.29, 1.82) is 0 Å². The first-order chi connectivity index (χ1) is 12.8. The number of hydrogen-bond donors (Lipinski definition) is 3. The average Bonchev–Trinajstić information content (AvgIpc) is 2.94. The van der Waals surface area contributed by atoms with Crippen molar-refractivity contribution in [3.05, 3.63) is 47.3 Å². The number of nitrogens with one attached hydrogen (secondary N) is 3. The minimum atomic E-state index is -3.19. The number of aliphatic imine (C=N–C) groups is 1. The minimum absolute atomic E-state index is 0.297. The zero-order valence-corrected chi connectivity index (χ0v) is 17.1. The molecular weight excluding hydrogens is 364 g/mol. The highest BCUT2D eigenvalue weighted by molar-refractivity contribution is 7.88. The van der Waals surface area contributed by atoms with Crippen LogP contribution in [-0.4, -0.2) is 50.0 Å². The second-order valence-electron chi connectivity index (χ2n) is 6.26. The number of para-hydroxylation sites is 1. The molecule has 0 saturated carbocycles. The normalized spacial score (nSPS) is 12.2. The molecule has 2 rings (SSSR count). The molecule has 0 bridgehead atoms. The van der Waals surface area contributed by atoms with E-state index in [1.165, 1.54) is 0 Å². The van der Waals surface area contributed by atoms with Gasteiger partial charge in [0.15, 0.2) is 5.96 Å². The molecule has 0 amide bonds. The standard InChI is InChI=1S/C18H28N6O2S/c1-5-19-18(20-10-11-22-27(4,25)26)21-13-16-8-6-7-9-17(16)24-15(3)12-14(2)23-24/h6-9,12,22H,5,10-11,13H2,1-4H3,(H2,19,20,21). The van der Waals surface area contributed by atoms with Crippen molar-refractivity contribution >= 4 is 16.0 Å². The smallest absolute Gasteiger partial charge is 0.208 e. The van der Waals surface area contributed by atoms with Crippen LogP contribution in [0.3, 0.4) is 0 Å². The molecule has 0 atom stereocenters. The first kappa shape index (κ1) is 20.9. The van der Waals surface area contributed by atoms with E-state index in [0.717, 1.165) is 28.9 Å². The molecule has 2 aromatic rings. The van der Waals surface area contributed by atoms with Gasteiger partial charge in [0.25, 0.3) is 0 Å². The van der Waals surface area contributed by atoms with Crippen molar-refractivity contribution in [1.82, 2.24) is 25.1 Å². The van der Waals surface area contributed by atoms with Crippen molar-refractivity contribution in [2.45, 2.75) is 27.3 Å². The van der Waals surface area contributed by atoms with Gasteiger partial charge in [0.05, 0.1) is 24.2 Å². The number of guanidine groups is 1. The Kier molecular flexibility index (Phi) is 7.37. The maximum absolute atomic E-state index is 11.1. The van der Waals surface area contributed by atoms with Gasteiger partial charge >= 0.3 is 0 Å². The van der Waals surface area contributed by atoms with Crippen molar-refractivity contribution in [3.63, 3.8) is 0 Å². The molecule has 0 aliphatic rings. The lowest BCUT2D eigenvalue weighted by molar-refractivity contribution is 0.586. The van der Waals surface area contributed by atoms with Crippen LogP contribution in [0.1, 0.15) is 23.9 Å². The maximum atomic E-state index is 11.1. The van der Waals surface area contributed by atoms with E-state index in [-0.39, 0.29) is 0 Å². The van der Waals surface area contributed by atoms with Crippen LogP contribution >= 0.6 is 0 Å². The predicted octanol–water partition coefficient (Wildman–Crippen LogP) is 1.09. The summed E-state index contributed by atoms with van der Waals surface area (Å²) in [4.78, 5) is 4.62. The fourth-order valence-corrected chi connectivity index (χ4v) is 3.12. The van der Waals surface area contributed by atoms with E-state index < -0.39 is 10.0 Å². The van der Waals surface area contributed by atoms with Crippen molar-refractivity contribution < 1.29 is 8.42 Å². The topological polar surface area (TPSA) is 100 Å². The SMILES string of the molecule is CCNC(=NCc1ccccc1-n1nc(C)cc1C)NCCNS(C)(=O)=O. The molecule has 1 aromatic carbocycles. The van der Waals surface area contributed by atoms with Gasteiger partial charge in [0, 0.05) is 25.3 Å². The molecule has 0 aliphatic heterocycles. The second kappa shape index (κ2) is 9.52. The Bertz CT molecular complexity index is 889. The molecule has 1 heterocycles. The van der Waals surface area contributed by atoms with Gasteiger partial charge in [0.1, 0.15) is 0 Å². The zero-order valence-electron chi connectivity index (χ0n) is 16.3. The number of rotatable bonds is 8. The monoisotopic (exact) mass is 392 g/mol. The van der Waals surface area contributed by atoms with Crippen LogP contribution in [-0.2, 0) is 16.6 Å². The lowest BCUT2D eigenvalue weighted by atomic mass is 10.2. The number of benzene rings is 1. The molecule has 0 spiro atoms. The molecule has 1 aromatic heterocycles. The summed E-state index contributed by atoms with van der Waals surface area (Å²) in [6.45, 7) is 7.91. The third-order valence-electron chi connectivity index (χ3n) is 3.76. The van der Waals surface area contributed by atoms with Crippen molar-refractivity contribution in [3.8, 4) is 5.69 Å². The van der Waals surface area contributed by atoms with E-state index in [2.05, 4.69) is 25.4 Å². The molecular formula is C18H28N6O2S. The summed E-state index contributed by atoms with van der Waals surface area (Å²) < 4.78 is 26.6. The van der Waals surface area contributed by atoms with Gasteiger partial charge in [-0.3, -0.25) is 0 Å². The highest BCUT2D eigenvalue weighted by Gasteiger charge is 2.08. The summed E-state index contributed by atoms with van der Waals surface area (Å²) >= 11 is 0. The van der Waals surface area contributed by atoms with Crippen molar-refractivity contribution in [2.75, 3.05) is 25.9 Å². The van der Waals surface area contributed by atoms with E-state index in [4.69, 9.17) is 0 Å². The molecule has 0 aliphatic carbocycles. The molecule has 3 N–H and O–H groups in total. The summed E-state index contributed by atoms with van der Waals surface area (Å²) in [6.07, 6.45) is 1.14. The quantitative estimate of drug-likeness (QED) is 0.355. The second-order valence-corrected chi connectivity index (χ2v) is 8.09. The van der Waals surface area contributed by atoms with Gasteiger partial charge in [0.2, 0.25) is 10.0 Å². The molecule has 0 saturated heterocycles. The van der Waals surface area contributed by atoms with Crippen LogP contribution < -0.4 is 15.4 Å². The zero-order chi connectivity index (χ0) is 19.9. The Morgan fingerprint density at radius 2 is 1.93 bits per heavy atom.